The first-order valence-corrected chi connectivity index (χ1v) is 10.1. The van der Waals surface area contributed by atoms with Crippen LogP contribution in [0.3, 0.4) is 0 Å². The van der Waals surface area contributed by atoms with E-state index in [0.717, 1.165) is 44.6 Å². The van der Waals surface area contributed by atoms with Gasteiger partial charge in [0, 0.05) is 26.2 Å². The molecule has 0 spiro atoms. The molecule has 5 nitrogen and oxygen atoms in total. The van der Waals surface area contributed by atoms with E-state index in [2.05, 4.69) is 48.0 Å². The van der Waals surface area contributed by atoms with E-state index < -0.39 is 0 Å². The van der Waals surface area contributed by atoms with Gasteiger partial charge >= 0.3 is 0 Å². The van der Waals surface area contributed by atoms with Crippen molar-refractivity contribution in [1.82, 2.24) is 15.1 Å². The van der Waals surface area contributed by atoms with Crippen molar-refractivity contribution in [2.24, 2.45) is 10.9 Å². The molecular formula is C21H37IN4O. The zero-order valence-electron chi connectivity index (χ0n) is 17.2. The highest BCUT2D eigenvalue weighted by Gasteiger charge is 2.25. The minimum atomic E-state index is 0. The zero-order chi connectivity index (χ0) is 18.6. The zero-order valence-corrected chi connectivity index (χ0v) is 19.5. The number of rotatable bonds is 10. The molecule has 0 saturated carbocycles. The van der Waals surface area contributed by atoms with Crippen LogP contribution in [-0.2, 0) is 11.3 Å². The van der Waals surface area contributed by atoms with E-state index in [0.29, 0.717) is 19.8 Å². The molecule has 6 heteroatoms. The second kappa shape index (κ2) is 14.2. The lowest BCUT2D eigenvalue weighted by molar-refractivity contribution is 0.128. The second-order valence-corrected chi connectivity index (χ2v) is 6.86. The van der Waals surface area contributed by atoms with E-state index in [1.165, 1.54) is 18.5 Å². The normalized spacial score (nSPS) is 17.3. The Hall–Kier alpha value is -0.860. The van der Waals surface area contributed by atoms with Gasteiger partial charge in [-0.15, -0.1) is 24.0 Å². The van der Waals surface area contributed by atoms with Crippen LogP contribution in [0.4, 0.5) is 0 Å². The molecule has 0 aliphatic carbocycles. The summed E-state index contributed by atoms with van der Waals surface area (Å²) in [5.74, 6) is 1.78. The highest BCUT2D eigenvalue weighted by atomic mass is 127. The largest absolute Gasteiger partial charge is 0.375 e. The van der Waals surface area contributed by atoms with Crippen molar-refractivity contribution in [2.75, 3.05) is 52.4 Å². The summed E-state index contributed by atoms with van der Waals surface area (Å²) in [6, 6.07) is 10.3. The summed E-state index contributed by atoms with van der Waals surface area (Å²) < 4.78 is 5.75. The van der Waals surface area contributed by atoms with Gasteiger partial charge in [-0.2, -0.15) is 0 Å². The number of nitrogens with one attached hydrogen (secondary N) is 1. The summed E-state index contributed by atoms with van der Waals surface area (Å²) in [5, 5.41) is 3.44. The van der Waals surface area contributed by atoms with E-state index in [4.69, 9.17) is 9.73 Å². The lowest BCUT2D eigenvalue weighted by Gasteiger charge is -2.24. The molecule has 0 amide bonds. The first-order chi connectivity index (χ1) is 12.8. The molecule has 1 N–H and O–H groups in total. The molecule has 1 aromatic rings. The Morgan fingerprint density at radius 2 is 1.96 bits per heavy atom. The van der Waals surface area contributed by atoms with Gasteiger partial charge in [0.2, 0.25) is 0 Å². The third kappa shape index (κ3) is 8.79. The predicted molar refractivity (Wildman–Crippen MR) is 125 cm³/mol. The Balaban J connectivity index is 0.00000364. The molecule has 0 bridgehead atoms. The Morgan fingerprint density at radius 3 is 2.63 bits per heavy atom. The van der Waals surface area contributed by atoms with Gasteiger partial charge in [0.1, 0.15) is 0 Å². The van der Waals surface area contributed by atoms with Crippen LogP contribution in [-0.4, -0.2) is 68.2 Å². The molecule has 0 aromatic heterocycles. The SMILES string of the molecule is CCNC(=NCCOCc1ccccc1)N1CCC(CN(CC)CC)C1.I. The summed E-state index contributed by atoms with van der Waals surface area (Å²) >= 11 is 0. The van der Waals surface area contributed by atoms with Gasteiger partial charge < -0.3 is 19.9 Å². The van der Waals surface area contributed by atoms with Gasteiger partial charge in [-0.3, -0.25) is 4.99 Å². The number of aliphatic imine (C=N–C) groups is 1. The number of guanidine groups is 1. The van der Waals surface area contributed by atoms with E-state index >= 15 is 0 Å². The second-order valence-electron chi connectivity index (χ2n) is 6.86. The number of nitrogens with zero attached hydrogens (tertiary/aromatic N) is 3. The average Bonchev–Trinajstić information content (AvgIpc) is 3.14. The van der Waals surface area contributed by atoms with Crippen LogP contribution in [0.2, 0.25) is 0 Å². The molecule has 1 aliphatic heterocycles. The number of ether oxygens (including phenoxy) is 1. The topological polar surface area (TPSA) is 40.1 Å². The fourth-order valence-electron chi connectivity index (χ4n) is 3.43. The molecule has 27 heavy (non-hydrogen) atoms. The predicted octanol–water partition coefficient (Wildman–Crippen LogP) is 3.45. The molecule has 1 aromatic carbocycles. The molecule has 1 unspecified atom stereocenters. The minimum absolute atomic E-state index is 0. The van der Waals surface area contributed by atoms with Crippen LogP contribution in [0.25, 0.3) is 0 Å². The van der Waals surface area contributed by atoms with Gasteiger partial charge in [-0.25, -0.2) is 0 Å². The van der Waals surface area contributed by atoms with Crippen molar-refractivity contribution in [3.63, 3.8) is 0 Å². The molecule has 1 aliphatic rings. The smallest absolute Gasteiger partial charge is 0.194 e. The molecule has 154 valence electrons. The van der Waals surface area contributed by atoms with E-state index in [9.17, 15) is 0 Å². The lowest BCUT2D eigenvalue weighted by Crippen LogP contribution is -2.41. The van der Waals surface area contributed by atoms with Crippen molar-refractivity contribution < 1.29 is 4.74 Å². The third-order valence-corrected chi connectivity index (χ3v) is 4.94. The van der Waals surface area contributed by atoms with Crippen LogP contribution < -0.4 is 5.32 Å². The molecule has 1 atom stereocenters. The van der Waals surface area contributed by atoms with E-state index in [1.807, 2.05) is 18.2 Å². The number of hydrogen-bond acceptors (Lipinski definition) is 3. The quantitative estimate of drug-likeness (QED) is 0.237. The highest BCUT2D eigenvalue weighted by Crippen LogP contribution is 2.17. The first kappa shape index (κ1) is 24.2. The van der Waals surface area contributed by atoms with Crippen LogP contribution >= 0.6 is 24.0 Å². The molecule has 1 saturated heterocycles. The Morgan fingerprint density at radius 1 is 1.22 bits per heavy atom. The van der Waals surface area contributed by atoms with Crippen LogP contribution in [0.15, 0.2) is 35.3 Å². The highest BCUT2D eigenvalue weighted by molar-refractivity contribution is 14.0. The van der Waals surface area contributed by atoms with E-state index in [1.54, 1.807) is 0 Å². The molecule has 1 heterocycles. The summed E-state index contributed by atoms with van der Waals surface area (Å²) in [6.07, 6.45) is 1.26. The Bertz CT molecular complexity index is 522. The van der Waals surface area contributed by atoms with Crippen molar-refractivity contribution in [1.29, 1.82) is 0 Å². The Labute approximate surface area is 182 Å². The van der Waals surface area contributed by atoms with E-state index in [-0.39, 0.29) is 24.0 Å². The van der Waals surface area contributed by atoms with Crippen molar-refractivity contribution in [2.45, 2.75) is 33.8 Å². The summed E-state index contributed by atoms with van der Waals surface area (Å²) in [4.78, 5) is 9.71. The maximum absolute atomic E-state index is 5.75. The maximum atomic E-state index is 5.75. The van der Waals surface area contributed by atoms with Crippen LogP contribution in [0, 0.1) is 5.92 Å². The lowest BCUT2D eigenvalue weighted by atomic mass is 10.1. The van der Waals surface area contributed by atoms with Gasteiger partial charge in [0.15, 0.2) is 5.96 Å². The molecular weight excluding hydrogens is 451 g/mol. The van der Waals surface area contributed by atoms with Gasteiger partial charge in [-0.1, -0.05) is 44.2 Å². The maximum Gasteiger partial charge on any atom is 0.194 e. The number of likely N-dealkylation sites (tertiary alicyclic amines) is 1. The number of hydrogen-bond donors (Lipinski definition) is 1. The van der Waals surface area contributed by atoms with Gasteiger partial charge in [0.25, 0.3) is 0 Å². The first-order valence-electron chi connectivity index (χ1n) is 10.1. The monoisotopic (exact) mass is 488 g/mol. The average molecular weight is 488 g/mol. The molecule has 2 rings (SSSR count). The number of halogens is 1. The number of benzene rings is 1. The van der Waals surface area contributed by atoms with Crippen LogP contribution in [0.1, 0.15) is 32.8 Å². The van der Waals surface area contributed by atoms with Gasteiger partial charge in [0.05, 0.1) is 19.8 Å². The molecule has 1 fully saturated rings. The summed E-state index contributed by atoms with van der Waals surface area (Å²) in [7, 11) is 0. The third-order valence-electron chi connectivity index (χ3n) is 4.94. The fourth-order valence-corrected chi connectivity index (χ4v) is 3.43. The standard InChI is InChI=1S/C21H36N4O.HI/c1-4-22-21(23-13-15-26-18-19-10-8-7-9-11-19)25-14-12-20(17-25)16-24(5-2)6-3;/h7-11,20H,4-6,12-18H2,1-3H3,(H,22,23);1H. The summed E-state index contributed by atoms with van der Waals surface area (Å²) in [6.45, 7) is 15.2. The van der Waals surface area contributed by atoms with Crippen LogP contribution in [0.5, 0.6) is 0 Å². The van der Waals surface area contributed by atoms with Gasteiger partial charge in [-0.05, 0) is 37.9 Å². The minimum Gasteiger partial charge on any atom is -0.375 e. The molecule has 0 radical (unpaired) electrons. The van der Waals surface area contributed by atoms with Crippen molar-refractivity contribution >= 4 is 29.9 Å². The van der Waals surface area contributed by atoms with Crippen molar-refractivity contribution in [3.05, 3.63) is 35.9 Å². The van der Waals surface area contributed by atoms with Crippen molar-refractivity contribution in [3.8, 4) is 0 Å². The Kier molecular flexibility index (Phi) is 12.7. The summed E-state index contributed by atoms with van der Waals surface area (Å²) in [5.41, 5.74) is 1.21. The fraction of sp³-hybridized carbons (Fsp3) is 0.667.